The van der Waals surface area contributed by atoms with E-state index in [1.165, 1.54) is 0 Å². The summed E-state index contributed by atoms with van der Waals surface area (Å²) in [5, 5.41) is 0. The second-order valence-electron chi connectivity index (χ2n) is 6.88. The molecule has 0 bridgehead atoms. The summed E-state index contributed by atoms with van der Waals surface area (Å²) in [6.07, 6.45) is 8.88. The van der Waals surface area contributed by atoms with Crippen LogP contribution in [-0.2, 0) is 17.8 Å². The molecule has 2 fully saturated rings. The first kappa shape index (κ1) is 15.4. The average molecular weight is 328 g/mol. The minimum absolute atomic E-state index is 0.315. The zero-order chi connectivity index (χ0) is 16.4. The highest BCUT2D eigenvalue weighted by molar-refractivity contribution is 5.77. The molecule has 6 nitrogen and oxygen atoms in total. The van der Waals surface area contributed by atoms with Crippen LogP contribution in [0.25, 0.3) is 0 Å². The Labute approximate surface area is 141 Å². The molecule has 1 N–H and O–H groups in total. The summed E-state index contributed by atoms with van der Waals surface area (Å²) in [4.78, 5) is 24.2. The smallest absolute Gasteiger partial charge is 0.222 e. The molecule has 0 saturated carbocycles. The van der Waals surface area contributed by atoms with Crippen LogP contribution >= 0.6 is 0 Å². The van der Waals surface area contributed by atoms with Gasteiger partial charge < -0.3 is 14.3 Å². The van der Waals surface area contributed by atoms with Crippen molar-refractivity contribution in [2.24, 2.45) is 5.92 Å². The molecule has 4 rings (SSSR count). The van der Waals surface area contributed by atoms with Gasteiger partial charge in [-0.15, -0.1) is 0 Å². The van der Waals surface area contributed by atoms with Crippen LogP contribution in [-0.4, -0.2) is 51.4 Å². The monoisotopic (exact) mass is 328 g/mol. The summed E-state index contributed by atoms with van der Waals surface area (Å²) in [6.45, 7) is 3.74. The van der Waals surface area contributed by atoms with E-state index in [0.717, 1.165) is 56.9 Å². The molecule has 1 amide bonds. The van der Waals surface area contributed by atoms with Gasteiger partial charge in [0, 0.05) is 50.4 Å². The predicted molar refractivity (Wildman–Crippen MR) is 89.1 cm³/mol. The predicted octanol–water partition coefficient (Wildman–Crippen LogP) is 2.06. The minimum atomic E-state index is 0.315. The molecule has 4 heterocycles. The van der Waals surface area contributed by atoms with Gasteiger partial charge in [0.1, 0.15) is 5.76 Å². The maximum atomic E-state index is 12.4. The molecule has 2 aromatic heterocycles. The van der Waals surface area contributed by atoms with Gasteiger partial charge in [0.25, 0.3) is 0 Å². The van der Waals surface area contributed by atoms with Crippen LogP contribution in [0.1, 0.15) is 30.7 Å². The molecule has 2 aliphatic heterocycles. The maximum absolute atomic E-state index is 12.4. The van der Waals surface area contributed by atoms with Gasteiger partial charge in [0.05, 0.1) is 19.1 Å². The fraction of sp³-hybridized carbons (Fsp3) is 0.556. The molecule has 0 aromatic carbocycles. The quantitative estimate of drug-likeness (QED) is 0.912. The minimum Gasteiger partial charge on any atom is -0.468 e. The third kappa shape index (κ3) is 3.24. The second kappa shape index (κ2) is 6.81. The van der Waals surface area contributed by atoms with Gasteiger partial charge in [-0.1, -0.05) is 0 Å². The molecule has 0 radical (unpaired) electrons. The van der Waals surface area contributed by atoms with Crippen LogP contribution in [0.5, 0.6) is 0 Å². The van der Waals surface area contributed by atoms with Crippen LogP contribution in [0.15, 0.2) is 35.3 Å². The molecule has 2 aromatic rings. The number of rotatable bonds is 5. The number of imidazole rings is 1. The van der Waals surface area contributed by atoms with Crippen LogP contribution < -0.4 is 0 Å². The van der Waals surface area contributed by atoms with E-state index >= 15 is 0 Å². The Morgan fingerprint density at radius 2 is 2.33 bits per heavy atom. The number of likely N-dealkylation sites (tertiary alicyclic amines) is 2. The average Bonchev–Trinajstić information content (AvgIpc) is 3.28. The lowest BCUT2D eigenvalue weighted by Gasteiger charge is -2.47. The molecule has 0 unspecified atom stereocenters. The Kier molecular flexibility index (Phi) is 4.38. The maximum Gasteiger partial charge on any atom is 0.222 e. The van der Waals surface area contributed by atoms with Gasteiger partial charge in [-0.3, -0.25) is 9.69 Å². The zero-order valence-corrected chi connectivity index (χ0v) is 13.9. The van der Waals surface area contributed by atoms with Crippen LogP contribution in [0.3, 0.4) is 0 Å². The van der Waals surface area contributed by atoms with Gasteiger partial charge in [-0.2, -0.15) is 0 Å². The third-order valence-electron chi connectivity index (χ3n) is 5.36. The van der Waals surface area contributed by atoms with Crippen molar-refractivity contribution in [2.45, 2.75) is 38.3 Å². The number of nitrogens with zero attached hydrogens (tertiary/aromatic N) is 3. The molecule has 24 heavy (non-hydrogen) atoms. The Hall–Kier alpha value is -2.08. The van der Waals surface area contributed by atoms with E-state index < -0.39 is 0 Å². The highest BCUT2D eigenvalue weighted by Crippen LogP contribution is 2.32. The van der Waals surface area contributed by atoms with Crippen molar-refractivity contribution < 1.29 is 9.21 Å². The summed E-state index contributed by atoms with van der Waals surface area (Å²) in [6, 6.07) is 4.37. The first-order chi connectivity index (χ1) is 11.8. The van der Waals surface area contributed by atoms with Crippen molar-refractivity contribution >= 4 is 5.91 Å². The Balaban J connectivity index is 1.37. The Morgan fingerprint density at radius 1 is 1.38 bits per heavy atom. The van der Waals surface area contributed by atoms with Crippen molar-refractivity contribution in [3.05, 3.63) is 42.4 Å². The van der Waals surface area contributed by atoms with Gasteiger partial charge in [-0.05, 0) is 30.9 Å². The summed E-state index contributed by atoms with van der Waals surface area (Å²) in [5.41, 5.74) is 1.10. The number of carbonyl (C=O) groups is 1. The Bertz CT molecular complexity index is 653. The largest absolute Gasteiger partial charge is 0.468 e. The van der Waals surface area contributed by atoms with E-state index in [0.29, 0.717) is 24.3 Å². The number of amides is 1. The molecule has 6 heteroatoms. The fourth-order valence-corrected chi connectivity index (χ4v) is 4.15. The number of furan rings is 1. The number of carbonyl (C=O) groups excluding carboxylic acids is 1. The van der Waals surface area contributed by atoms with E-state index in [4.69, 9.17) is 4.42 Å². The first-order valence-corrected chi connectivity index (χ1v) is 8.81. The number of nitrogens with one attached hydrogen (secondary N) is 1. The summed E-state index contributed by atoms with van der Waals surface area (Å²) >= 11 is 0. The Morgan fingerprint density at radius 3 is 3.12 bits per heavy atom. The van der Waals surface area contributed by atoms with Gasteiger partial charge >= 0.3 is 0 Å². The lowest BCUT2D eigenvalue weighted by Crippen LogP contribution is -2.56. The lowest BCUT2D eigenvalue weighted by atomic mass is 9.83. The van der Waals surface area contributed by atoms with Gasteiger partial charge in [0.2, 0.25) is 5.91 Å². The summed E-state index contributed by atoms with van der Waals surface area (Å²) in [7, 11) is 0. The van der Waals surface area contributed by atoms with Crippen molar-refractivity contribution in [3.8, 4) is 0 Å². The van der Waals surface area contributed by atoms with E-state index in [-0.39, 0.29) is 0 Å². The second-order valence-corrected chi connectivity index (χ2v) is 6.88. The van der Waals surface area contributed by atoms with Crippen molar-refractivity contribution in [1.29, 1.82) is 0 Å². The standard InChI is InChI=1S/C18H24N4O2/c23-18-4-3-14-11-21(12-16-2-1-9-24-16)7-6-17(14)22(18)8-5-15-10-19-13-20-15/h1-2,9-10,13-14,17H,3-8,11-12H2,(H,19,20)/t14-,17+/m1/s1. The highest BCUT2D eigenvalue weighted by atomic mass is 16.3. The topological polar surface area (TPSA) is 65.4 Å². The van der Waals surface area contributed by atoms with E-state index in [1.807, 2.05) is 18.3 Å². The normalized spacial score (nSPS) is 25.0. The van der Waals surface area contributed by atoms with Crippen molar-refractivity contribution in [1.82, 2.24) is 19.8 Å². The number of hydrogen-bond donors (Lipinski definition) is 1. The molecule has 0 spiro atoms. The SMILES string of the molecule is O=C1CC[C@@H]2CN(Cc3ccco3)CC[C@@H]2N1CCc1cnc[nH]1. The molecule has 2 saturated heterocycles. The summed E-state index contributed by atoms with van der Waals surface area (Å²) in [5.74, 6) is 1.92. The van der Waals surface area contributed by atoms with Crippen LogP contribution in [0.4, 0.5) is 0 Å². The number of aromatic nitrogens is 2. The molecule has 0 aliphatic carbocycles. The number of hydrogen-bond acceptors (Lipinski definition) is 4. The van der Waals surface area contributed by atoms with Crippen LogP contribution in [0, 0.1) is 5.92 Å². The molecular formula is C18H24N4O2. The molecule has 2 aliphatic rings. The van der Waals surface area contributed by atoms with E-state index in [9.17, 15) is 4.79 Å². The third-order valence-corrected chi connectivity index (χ3v) is 5.36. The number of piperidine rings is 2. The first-order valence-electron chi connectivity index (χ1n) is 8.81. The van der Waals surface area contributed by atoms with Gasteiger partial charge in [0.15, 0.2) is 0 Å². The van der Waals surface area contributed by atoms with E-state index in [2.05, 4.69) is 19.8 Å². The zero-order valence-electron chi connectivity index (χ0n) is 13.9. The number of fused-ring (bicyclic) bond motifs is 1. The van der Waals surface area contributed by atoms with Crippen molar-refractivity contribution in [2.75, 3.05) is 19.6 Å². The molecular weight excluding hydrogens is 304 g/mol. The lowest BCUT2D eigenvalue weighted by molar-refractivity contribution is -0.141. The summed E-state index contributed by atoms with van der Waals surface area (Å²) < 4.78 is 5.47. The number of aromatic amines is 1. The fourth-order valence-electron chi connectivity index (χ4n) is 4.15. The number of H-pyrrole nitrogens is 1. The molecule has 128 valence electrons. The van der Waals surface area contributed by atoms with Crippen LogP contribution in [0.2, 0.25) is 0 Å². The van der Waals surface area contributed by atoms with E-state index in [1.54, 1.807) is 12.6 Å². The van der Waals surface area contributed by atoms with Crippen molar-refractivity contribution in [3.63, 3.8) is 0 Å². The molecule has 2 atom stereocenters. The highest BCUT2D eigenvalue weighted by Gasteiger charge is 2.39. The van der Waals surface area contributed by atoms with Gasteiger partial charge in [-0.25, -0.2) is 4.98 Å².